The molecule has 0 heterocycles. The van der Waals surface area contributed by atoms with Crippen molar-refractivity contribution in [2.24, 2.45) is 0 Å². The lowest BCUT2D eigenvalue weighted by atomic mass is 10.0. The van der Waals surface area contributed by atoms with Crippen LogP contribution in [0.25, 0.3) is 0 Å². The molecule has 0 saturated carbocycles. The van der Waals surface area contributed by atoms with Gasteiger partial charge in [0.15, 0.2) is 0 Å². The summed E-state index contributed by atoms with van der Waals surface area (Å²) >= 11 is 1.78. The van der Waals surface area contributed by atoms with Gasteiger partial charge >= 0.3 is 5.97 Å². The zero-order chi connectivity index (χ0) is 28.9. The normalized spacial score (nSPS) is 11.1. The van der Waals surface area contributed by atoms with Crippen molar-refractivity contribution in [3.8, 4) is 0 Å². The Balaban J connectivity index is 1.90. The summed E-state index contributed by atoms with van der Waals surface area (Å²) in [6.07, 6.45) is 27.1. The lowest BCUT2D eigenvalue weighted by molar-refractivity contribution is -0.143. The molecule has 0 bridgehead atoms. The van der Waals surface area contributed by atoms with Crippen LogP contribution in [0.2, 0.25) is 0 Å². The van der Waals surface area contributed by atoms with Crippen molar-refractivity contribution >= 4 is 29.3 Å². The first-order valence-electron chi connectivity index (χ1n) is 16.8. The summed E-state index contributed by atoms with van der Waals surface area (Å²) in [5.74, 6) is 2.27. The van der Waals surface area contributed by atoms with Gasteiger partial charge < -0.3 is 10.1 Å². The van der Waals surface area contributed by atoms with Crippen LogP contribution >= 0.6 is 11.8 Å². The van der Waals surface area contributed by atoms with E-state index < -0.39 is 0 Å². The van der Waals surface area contributed by atoms with E-state index in [4.69, 9.17) is 10.1 Å². The van der Waals surface area contributed by atoms with Crippen molar-refractivity contribution < 1.29 is 9.53 Å². The van der Waals surface area contributed by atoms with Crippen molar-refractivity contribution in [2.45, 2.75) is 155 Å². The summed E-state index contributed by atoms with van der Waals surface area (Å²) in [7, 11) is 0. The summed E-state index contributed by atoms with van der Waals surface area (Å²) in [4.78, 5) is 11.9. The first kappa shape index (κ1) is 36.5. The molecule has 0 aromatic heterocycles. The van der Waals surface area contributed by atoms with Crippen LogP contribution in [0.1, 0.15) is 154 Å². The van der Waals surface area contributed by atoms with Gasteiger partial charge in [0.1, 0.15) is 0 Å². The first-order chi connectivity index (χ1) is 19.7. The van der Waals surface area contributed by atoms with E-state index in [9.17, 15) is 4.79 Å². The Morgan fingerprint density at radius 3 is 1.77 bits per heavy atom. The van der Waals surface area contributed by atoms with Crippen LogP contribution in [-0.4, -0.2) is 29.9 Å². The number of carbonyl (C=O) groups is 1. The molecule has 0 radical (unpaired) electrons. The third-order valence-electron chi connectivity index (χ3n) is 7.50. The van der Waals surface area contributed by atoms with E-state index in [1.807, 2.05) is 0 Å². The molecule has 0 spiro atoms. The molecule has 1 rings (SSSR count). The van der Waals surface area contributed by atoms with Crippen LogP contribution in [0.4, 0.5) is 5.69 Å². The van der Waals surface area contributed by atoms with E-state index in [-0.39, 0.29) is 5.97 Å². The van der Waals surface area contributed by atoms with Crippen molar-refractivity contribution in [3.63, 3.8) is 0 Å². The number of hydrogen-bond donors (Lipinski definition) is 2. The smallest absolute Gasteiger partial charge is 0.306 e. The maximum atomic E-state index is 11.9. The largest absolute Gasteiger partial charge is 0.466 e. The lowest BCUT2D eigenvalue weighted by Gasteiger charge is -2.09. The molecule has 0 aliphatic carbocycles. The molecule has 0 atom stereocenters. The Morgan fingerprint density at radius 2 is 1.20 bits per heavy atom. The summed E-state index contributed by atoms with van der Waals surface area (Å²) in [5, 5.41) is 11.4. The van der Waals surface area contributed by atoms with Gasteiger partial charge in [-0.15, -0.1) is 0 Å². The third-order valence-corrected chi connectivity index (χ3v) is 8.57. The minimum Gasteiger partial charge on any atom is -0.466 e. The number of anilines is 1. The number of rotatable bonds is 28. The van der Waals surface area contributed by atoms with Gasteiger partial charge in [-0.2, -0.15) is 11.8 Å². The molecule has 0 saturated heterocycles. The van der Waals surface area contributed by atoms with E-state index in [2.05, 4.69) is 43.4 Å². The number of thioether (sulfide) groups is 1. The zero-order valence-corrected chi connectivity index (χ0v) is 27.0. The van der Waals surface area contributed by atoms with Crippen LogP contribution in [-0.2, 0) is 16.0 Å². The second kappa shape index (κ2) is 27.7. The molecule has 0 unspecified atom stereocenters. The van der Waals surface area contributed by atoms with E-state index in [1.165, 1.54) is 115 Å². The number of esters is 1. The molecule has 40 heavy (non-hydrogen) atoms. The lowest BCUT2D eigenvalue weighted by Crippen LogP contribution is -2.11. The van der Waals surface area contributed by atoms with Gasteiger partial charge in [0.2, 0.25) is 0 Å². The van der Waals surface area contributed by atoms with Crippen LogP contribution in [0.5, 0.6) is 0 Å². The molecule has 5 heteroatoms. The zero-order valence-electron chi connectivity index (χ0n) is 26.2. The summed E-state index contributed by atoms with van der Waals surface area (Å²) in [6.45, 7) is 5.10. The summed E-state index contributed by atoms with van der Waals surface area (Å²) in [6, 6.07) is 8.57. The Hall–Kier alpha value is -1.49. The molecule has 0 aliphatic heterocycles. The predicted octanol–water partition coefficient (Wildman–Crippen LogP) is 11.1. The molecular weight excluding hydrogens is 512 g/mol. The predicted molar refractivity (Wildman–Crippen MR) is 178 cm³/mol. The molecule has 1 aromatic rings. The molecule has 0 amide bonds. The number of hydrogen-bond acceptors (Lipinski definition) is 4. The number of benzene rings is 1. The fraction of sp³-hybridized carbons (Fsp3) is 0.771. The minimum atomic E-state index is -0.0649. The Bertz CT molecular complexity index is 723. The van der Waals surface area contributed by atoms with Gasteiger partial charge in [0.05, 0.1) is 18.9 Å². The van der Waals surface area contributed by atoms with Crippen LogP contribution in [0, 0.1) is 5.41 Å². The molecule has 230 valence electrons. The van der Waals surface area contributed by atoms with Crippen molar-refractivity contribution in [1.82, 2.24) is 0 Å². The third kappa shape index (κ3) is 23.2. The van der Waals surface area contributed by atoms with E-state index in [0.29, 0.717) is 18.9 Å². The van der Waals surface area contributed by atoms with Gasteiger partial charge in [-0.3, -0.25) is 10.2 Å². The van der Waals surface area contributed by atoms with Crippen molar-refractivity contribution in [1.29, 1.82) is 5.41 Å². The summed E-state index contributed by atoms with van der Waals surface area (Å²) in [5.41, 5.74) is 2.39. The van der Waals surface area contributed by atoms with Gasteiger partial charge in [0.25, 0.3) is 0 Å². The maximum absolute atomic E-state index is 11.9. The van der Waals surface area contributed by atoms with Crippen LogP contribution < -0.4 is 5.32 Å². The van der Waals surface area contributed by atoms with Gasteiger partial charge in [0, 0.05) is 17.9 Å². The van der Waals surface area contributed by atoms with Crippen LogP contribution in [0.3, 0.4) is 0 Å². The van der Waals surface area contributed by atoms with Crippen molar-refractivity contribution in [2.75, 3.05) is 23.4 Å². The molecule has 1 aromatic carbocycles. The summed E-state index contributed by atoms with van der Waals surface area (Å²) < 4.78 is 5.40. The molecule has 0 aliphatic rings. The molecular formula is C35H62N2O2S. The van der Waals surface area contributed by atoms with E-state index in [0.717, 1.165) is 42.9 Å². The average molecular weight is 575 g/mol. The maximum Gasteiger partial charge on any atom is 0.306 e. The van der Waals surface area contributed by atoms with Gasteiger partial charge in [-0.25, -0.2) is 0 Å². The highest BCUT2D eigenvalue weighted by molar-refractivity contribution is 7.99. The number of nitrogens with one attached hydrogen (secondary N) is 2. The molecule has 4 nitrogen and oxygen atoms in total. The SMILES string of the molecule is CCCCCCCCCCCCCCOC(=O)CCSCCCC(=N)Nc1ccc(CCCCCCCC)cc1. The second-order valence-electron chi connectivity index (χ2n) is 11.4. The number of unbranched alkanes of at least 4 members (excludes halogenated alkanes) is 16. The number of carbonyl (C=O) groups excluding carboxylic acids is 1. The fourth-order valence-corrected chi connectivity index (χ4v) is 5.77. The van der Waals surface area contributed by atoms with Crippen molar-refractivity contribution in [3.05, 3.63) is 29.8 Å². The second-order valence-corrected chi connectivity index (χ2v) is 12.6. The first-order valence-corrected chi connectivity index (χ1v) is 18.0. The molecule has 2 N–H and O–H groups in total. The highest BCUT2D eigenvalue weighted by Gasteiger charge is 2.04. The Morgan fingerprint density at radius 1 is 0.675 bits per heavy atom. The topological polar surface area (TPSA) is 62.2 Å². The van der Waals surface area contributed by atoms with Gasteiger partial charge in [-0.05, 0) is 49.1 Å². The minimum absolute atomic E-state index is 0.0649. The average Bonchev–Trinajstić information content (AvgIpc) is 2.96. The Labute approximate surface area is 252 Å². The number of ether oxygens (including phenoxy) is 1. The fourth-order valence-electron chi connectivity index (χ4n) is 4.91. The van der Waals surface area contributed by atoms with E-state index in [1.54, 1.807) is 11.8 Å². The Kier molecular flexibility index (Phi) is 25.3. The number of amidine groups is 1. The number of aryl methyl sites for hydroxylation is 1. The quantitative estimate of drug-likeness (QED) is 0.0452. The van der Waals surface area contributed by atoms with E-state index >= 15 is 0 Å². The van der Waals surface area contributed by atoms with Gasteiger partial charge in [-0.1, -0.05) is 129 Å². The monoisotopic (exact) mass is 574 g/mol. The van der Waals surface area contributed by atoms with Crippen LogP contribution in [0.15, 0.2) is 24.3 Å². The highest BCUT2D eigenvalue weighted by Crippen LogP contribution is 2.15. The molecule has 0 fully saturated rings. The highest BCUT2D eigenvalue weighted by atomic mass is 32.2. The standard InChI is InChI=1S/C35H62N2O2S/c1-3-5-7-9-11-12-13-14-15-16-18-20-29-39-35(38)28-31-40-30-21-23-34(36)37-33-26-24-32(25-27-33)22-19-17-10-8-6-4-2/h24-27H,3-23,28-31H2,1-2H3,(H2,36,37).